The summed E-state index contributed by atoms with van der Waals surface area (Å²) in [5.74, 6) is 0. The lowest BCUT2D eigenvalue weighted by atomic mass is 10.4. The van der Waals surface area contributed by atoms with E-state index in [1.54, 1.807) is 6.08 Å². The van der Waals surface area contributed by atoms with Crippen LogP contribution in [-0.4, -0.2) is 20.0 Å². The normalized spacial score (nSPS) is 6.71. The quantitative estimate of drug-likeness (QED) is 0.431. The molecule has 0 aromatic heterocycles. The van der Waals surface area contributed by atoms with Crippen LogP contribution in [0, 0.1) is 0 Å². The van der Waals surface area contributed by atoms with Crippen molar-refractivity contribution in [3.05, 3.63) is 49.1 Å². The Morgan fingerprint density at radius 1 is 1.14 bits per heavy atom. The van der Waals surface area contributed by atoms with Gasteiger partial charge in [-0.3, -0.25) is 4.79 Å². The zero-order valence-electron chi connectivity index (χ0n) is 8.52. The molecule has 1 rings (SSSR count). The zero-order valence-corrected chi connectivity index (χ0v) is 8.52. The summed E-state index contributed by atoms with van der Waals surface area (Å²) >= 11 is 0. The molecule has 3 N–H and O–H groups in total. The summed E-state index contributed by atoms with van der Waals surface area (Å²) in [5.41, 5.74) is 4.50. The average Bonchev–Trinajstić information content (AvgIpc) is 2.32. The van der Waals surface area contributed by atoms with Crippen LogP contribution in [0.1, 0.15) is 0 Å². The lowest BCUT2D eigenvalue weighted by Gasteiger charge is -1.81. The average molecular weight is 194 g/mol. The van der Waals surface area contributed by atoms with E-state index in [0.29, 0.717) is 13.0 Å². The van der Waals surface area contributed by atoms with Crippen LogP contribution < -0.4 is 11.1 Å². The summed E-state index contributed by atoms with van der Waals surface area (Å²) in [6.45, 7) is 3.94. The standard InChI is InChI=1S/C6H6.C4H7NO.CH5N/c1-2-4-6-5-3-1;1-2-3-5-4-6;1-2/h1-6H;2,4H,1,3H2,(H,5,6);2H2,1H3. The summed E-state index contributed by atoms with van der Waals surface area (Å²) in [6, 6.07) is 12.0. The van der Waals surface area contributed by atoms with Gasteiger partial charge < -0.3 is 11.1 Å². The first kappa shape index (κ1) is 14.9. The number of carbonyl (C=O) groups excluding carboxylic acids is 1. The Morgan fingerprint density at radius 2 is 1.50 bits per heavy atom. The molecule has 1 aromatic rings. The van der Waals surface area contributed by atoms with Crippen LogP contribution in [0.25, 0.3) is 0 Å². The van der Waals surface area contributed by atoms with Gasteiger partial charge >= 0.3 is 0 Å². The summed E-state index contributed by atoms with van der Waals surface area (Å²) in [7, 11) is 1.50. The van der Waals surface area contributed by atoms with Gasteiger partial charge in [0, 0.05) is 6.54 Å². The molecule has 0 spiro atoms. The van der Waals surface area contributed by atoms with Gasteiger partial charge in [-0.25, -0.2) is 0 Å². The Morgan fingerprint density at radius 3 is 1.64 bits per heavy atom. The highest BCUT2D eigenvalue weighted by Gasteiger charge is 1.63. The maximum absolute atomic E-state index is 9.40. The van der Waals surface area contributed by atoms with E-state index < -0.39 is 0 Å². The van der Waals surface area contributed by atoms with Crippen molar-refractivity contribution in [2.75, 3.05) is 13.6 Å². The fourth-order valence-electron chi connectivity index (χ4n) is 0.516. The van der Waals surface area contributed by atoms with Crippen molar-refractivity contribution in [2.45, 2.75) is 0 Å². The van der Waals surface area contributed by atoms with E-state index >= 15 is 0 Å². The number of rotatable bonds is 3. The molecule has 0 radical (unpaired) electrons. The highest BCUT2D eigenvalue weighted by atomic mass is 16.1. The number of carbonyl (C=O) groups is 1. The van der Waals surface area contributed by atoms with Crippen LogP contribution >= 0.6 is 0 Å². The van der Waals surface area contributed by atoms with Crippen LogP contribution in [0.3, 0.4) is 0 Å². The summed E-state index contributed by atoms with van der Waals surface area (Å²) in [4.78, 5) is 9.40. The molecule has 14 heavy (non-hydrogen) atoms. The SMILES string of the molecule is C=CCNC=O.CN.c1ccccc1. The van der Waals surface area contributed by atoms with E-state index in [9.17, 15) is 4.79 Å². The van der Waals surface area contributed by atoms with Gasteiger partial charge in [0.2, 0.25) is 6.41 Å². The van der Waals surface area contributed by atoms with Gasteiger partial charge in [-0.15, -0.1) is 6.58 Å². The number of benzene rings is 1. The third-order valence-electron chi connectivity index (χ3n) is 1.01. The van der Waals surface area contributed by atoms with Crippen LogP contribution in [0.2, 0.25) is 0 Å². The van der Waals surface area contributed by atoms with Gasteiger partial charge in [-0.1, -0.05) is 42.5 Å². The summed E-state index contributed by atoms with van der Waals surface area (Å²) in [6.07, 6.45) is 2.26. The Hall–Kier alpha value is -1.61. The molecule has 1 aromatic carbocycles. The molecule has 0 aliphatic rings. The van der Waals surface area contributed by atoms with Crippen molar-refractivity contribution in [2.24, 2.45) is 5.73 Å². The molecule has 0 atom stereocenters. The van der Waals surface area contributed by atoms with Crippen molar-refractivity contribution in [1.82, 2.24) is 5.32 Å². The number of amides is 1. The van der Waals surface area contributed by atoms with Crippen molar-refractivity contribution in [3.63, 3.8) is 0 Å². The monoisotopic (exact) mass is 194 g/mol. The molecule has 0 aliphatic heterocycles. The molecule has 3 nitrogen and oxygen atoms in total. The molecule has 0 fully saturated rings. The van der Waals surface area contributed by atoms with Gasteiger partial charge in [-0.2, -0.15) is 0 Å². The largest absolute Gasteiger partial charge is 0.355 e. The minimum atomic E-state index is 0.559. The van der Waals surface area contributed by atoms with Gasteiger partial charge in [-0.05, 0) is 7.05 Å². The Balaban J connectivity index is 0. The molecular formula is C11H18N2O. The third-order valence-corrected chi connectivity index (χ3v) is 1.01. The maximum atomic E-state index is 9.40. The van der Waals surface area contributed by atoms with Crippen molar-refractivity contribution in [3.8, 4) is 0 Å². The van der Waals surface area contributed by atoms with Crippen molar-refractivity contribution < 1.29 is 4.79 Å². The van der Waals surface area contributed by atoms with Crippen LogP contribution in [-0.2, 0) is 4.79 Å². The number of nitrogens with one attached hydrogen (secondary N) is 1. The van der Waals surface area contributed by atoms with Gasteiger partial charge in [0.25, 0.3) is 0 Å². The van der Waals surface area contributed by atoms with Gasteiger partial charge in [0.15, 0.2) is 0 Å². The Kier molecular flexibility index (Phi) is 18.6. The highest BCUT2D eigenvalue weighted by Crippen LogP contribution is 1.79. The van der Waals surface area contributed by atoms with E-state index in [0.717, 1.165) is 0 Å². The Bertz CT molecular complexity index is 165. The first-order chi connectivity index (χ1) is 6.91. The first-order valence-electron chi connectivity index (χ1n) is 4.27. The second-order valence-electron chi connectivity index (χ2n) is 1.97. The number of nitrogens with two attached hydrogens (primary N) is 1. The third kappa shape index (κ3) is 16.8. The zero-order chi connectivity index (χ0) is 11.1. The molecule has 0 heterocycles. The van der Waals surface area contributed by atoms with Crippen LogP contribution in [0.5, 0.6) is 0 Å². The highest BCUT2D eigenvalue weighted by molar-refractivity contribution is 5.46. The second-order valence-corrected chi connectivity index (χ2v) is 1.97. The lowest BCUT2D eigenvalue weighted by molar-refractivity contribution is -0.109. The molecule has 1 amide bonds. The first-order valence-corrected chi connectivity index (χ1v) is 4.27. The molecule has 0 saturated carbocycles. The fraction of sp³-hybridized carbons (Fsp3) is 0.182. The molecule has 3 heteroatoms. The van der Waals surface area contributed by atoms with Gasteiger partial charge in [0.05, 0.1) is 0 Å². The van der Waals surface area contributed by atoms with E-state index in [-0.39, 0.29) is 0 Å². The van der Waals surface area contributed by atoms with E-state index in [2.05, 4.69) is 17.6 Å². The second kappa shape index (κ2) is 17.5. The smallest absolute Gasteiger partial charge is 0.207 e. The lowest BCUT2D eigenvalue weighted by Crippen LogP contribution is -2.08. The van der Waals surface area contributed by atoms with E-state index in [1.807, 2.05) is 36.4 Å². The predicted octanol–water partition coefficient (Wildman–Crippen LogP) is 1.18. The molecule has 0 bridgehead atoms. The van der Waals surface area contributed by atoms with Gasteiger partial charge in [0.1, 0.15) is 0 Å². The minimum Gasteiger partial charge on any atom is -0.355 e. The van der Waals surface area contributed by atoms with Crippen molar-refractivity contribution >= 4 is 6.41 Å². The van der Waals surface area contributed by atoms with Crippen molar-refractivity contribution in [1.29, 1.82) is 0 Å². The summed E-state index contributed by atoms with van der Waals surface area (Å²) < 4.78 is 0. The predicted molar refractivity (Wildman–Crippen MR) is 60.8 cm³/mol. The van der Waals surface area contributed by atoms with E-state index in [1.165, 1.54) is 7.05 Å². The molecule has 0 unspecified atom stereocenters. The van der Waals surface area contributed by atoms with Crippen LogP contribution in [0.15, 0.2) is 49.1 Å². The topological polar surface area (TPSA) is 55.1 Å². The number of hydrogen-bond acceptors (Lipinski definition) is 2. The Labute approximate surface area is 85.6 Å². The number of hydrogen-bond donors (Lipinski definition) is 2. The van der Waals surface area contributed by atoms with Crippen LogP contribution in [0.4, 0.5) is 0 Å². The summed E-state index contributed by atoms with van der Waals surface area (Å²) in [5, 5.41) is 2.40. The van der Waals surface area contributed by atoms with E-state index in [4.69, 9.17) is 0 Å². The minimum absolute atomic E-state index is 0.559. The fourth-order valence-corrected chi connectivity index (χ4v) is 0.516. The maximum Gasteiger partial charge on any atom is 0.207 e. The molecule has 0 aliphatic carbocycles. The molecule has 0 saturated heterocycles. The molecule has 78 valence electrons. The molecular weight excluding hydrogens is 176 g/mol.